The van der Waals surface area contributed by atoms with Gasteiger partial charge in [-0.2, -0.15) is 5.26 Å². The first-order valence-corrected chi connectivity index (χ1v) is 5.33. The minimum Gasteiger partial charge on any atom is -0.396 e. The third-order valence-corrected chi connectivity index (χ3v) is 2.40. The molecule has 0 spiro atoms. The number of nitrogens with one attached hydrogen (secondary N) is 1. The lowest BCUT2D eigenvalue weighted by molar-refractivity contribution is 0.626. The first-order chi connectivity index (χ1) is 8.69. The number of benzene rings is 1. The second-order valence-corrected chi connectivity index (χ2v) is 3.76. The first-order valence-electron chi connectivity index (χ1n) is 5.33. The molecule has 0 bridgehead atoms. The molecule has 0 aliphatic rings. The standard InChI is InChI=1S/C13H11FN4/c14-11-3-1-2-9(4-11)7-17-13-12(16)5-10(6-15)8-18-13/h1-5,8H,7,16H2,(H,17,18). The van der Waals surface area contributed by atoms with Crippen LogP contribution in [0.1, 0.15) is 11.1 Å². The molecule has 3 N–H and O–H groups in total. The molecule has 90 valence electrons. The number of pyridine rings is 1. The van der Waals surface area contributed by atoms with Gasteiger partial charge in [-0.05, 0) is 23.8 Å². The van der Waals surface area contributed by atoms with Crippen LogP contribution >= 0.6 is 0 Å². The third kappa shape index (κ3) is 2.74. The predicted molar refractivity (Wildman–Crippen MR) is 67.1 cm³/mol. The van der Waals surface area contributed by atoms with Crippen molar-refractivity contribution in [2.24, 2.45) is 0 Å². The van der Waals surface area contributed by atoms with Gasteiger partial charge in [-0.25, -0.2) is 9.37 Å². The summed E-state index contributed by atoms with van der Waals surface area (Å²) < 4.78 is 13.0. The Kier molecular flexibility index (Phi) is 3.39. The Labute approximate surface area is 104 Å². The number of hydrogen-bond donors (Lipinski definition) is 2. The second kappa shape index (κ2) is 5.15. The second-order valence-electron chi connectivity index (χ2n) is 3.76. The van der Waals surface area contributed by atoms with Crippen LogP contribution < -0.4 is 11.1 Å². The van der Waals surface area contributed by atoms with Gasteiger partial charge in [0, 0.05) is 12.7 Å². The molecule has 0 amide bonds. The molecule has 0 aliphatic carbocycles. The van der Waals surface area contributed by atoms with Crippen LogP contribution in [0.15, 0.2) is 36.5 Å². The average molecular weight is 242 g/mol. The third-order valence-electron chi connectivity index (χ3n) is 2.40. The fourth-order valence-corrected chi connectivity index (χ4v) is 1.52. The van der Waals surface area contributed by atoms with Gasteiger partial charge in [0.15, 0.2) is 0 Å². The Bertz CT molecular complexity index is 604. The molecule has 1 aromatic carbocycles. The Morgan fingerprint density at radius 3 is 2.89 bits per heavy atom. The zero-order chi connectivity index (χ0) is 13.0. The van der Waals surface area contributed by atoms with E-state index in [0.29, 0.717) is 23.6 Å². The molecule has 1 heterocycles. The van der Waals surface area contributed by atoms with Crippen LogP contribution in [0.5, 0.6) is 0 Å². The van der Waals surface area contributed by atoms with Gasteiger partial charge in [0.1, 0.15) is 17.7 Å². The van der Waals surface area contributed by atoms with E-state index >= 15 is 0 Å². The maximum Gasteiger partial charge on any atom is 0.149 e. The maximum absolute atomic E-state index is 13.0. The number of hydrogen-bond acceptors (Lipinski definition) is 4. The van der Waals surface area contributed by atoms with Gasteiger partial charge in [0.2, 0.25) is 0 Å². The smallest absolute Gasteiger partial charge is 0.149 e. The number of nitrogens with zero attached hydrogens (tertiary/aromatic N) is 2. The summed E-state index contributed by atoms with van der Waals surface area (Å²) in [5.41, 5.74) is 7.33. The lowest BCUT2D eigenvalue weighted by atomic mass is 10.2. The van der Waals surface area contributed by atoms with Crippen molar-refractivity contribution < 1.29 is 4.39 Å². The fourth-order valence-electron chi connectivity index (χ4n) is 1.52. The Balaban J connectivity index is 2.09. The van der Waals surface area contributed by atoms with Gasteiger partial charge < -0.3 is 11.1 Å². The molecular weight excluding hydrogens is 231 g/mol. The number of halogens is 1. The maximum atomic E-state index is 13.0. The molecule has 0 unspecified atom stereocenters. The van der Waals surface area contributed by atoms with Crippen molar-refractivity contribution in [3.8, 4) is 6.07 Å². The number of nitriles is 1. The molecule has 1 aromatic heterocycles. The van der Waals surface area contributed by atoms with E-state index in [2.05, 4.69) is 10.3 Å². The highest BCUT2D eigenvalue weighted by Gasteiger charge is 2.02. The molecule has 5 heteroatoms. The minimum atomic E-state index is -0.282. The van der Waals surface area contributed by atoms with Gasteiger partial charge in [-0.3, -0.25) is 0 Å². The van der Waals surface area contributed by atoms with Crippen LogP contribution in [0, 0.1) is 17.1 Å². The van der Waals surface area contributed by atoms with Crippen molar-refractivity contribution in [1.82, 2.24) is 4.98 Å². The van der Waals surface area contributed by atoms with E-state index in [-0.39, 0.29) is 5.82 Å². The van der Waals surface area contributed by atoms with E-state index in [1.807, 2.05) is 6.07 Å². The number of nitrogens with two attached hydrogens (primary N) is 1. The van der Waals surface area contributed by atoms with Crippen LogP contribution in [-0.2, 0) is 6.54 Å². The normalized spacial score (nSPS) is 9.78. The van der Waals surface area contributed by atoms with E-state index in [4.69, 9.17) is 11.0 Å². The molecule has 0 saturated heterocycles. The van der Waals surface area contributed by atoms with Crippen molar-refractivity contribution >= 4 is 11.5 Å². The largest absolute Gasteiger partial charge is 0.396 e. The molecule has 0 saturated carbocycles. The molecule has 0 aliphatic heterocycles. The lowest BCUT2D eigenvalue weighted by Gasteiger charge is -2.08. The van der Waals surface area contributed by atoms with Crippen molar-refractivity contribution in [1.29, 1.82) is 5.26 Å². The Morgan fingerprint density at radius 1 is 1.39 bits per heavy atom. The van der Waals surface area contributed by atoms with Crippen LogP contribution in [0.2, 0.25) is 0 Å². The highest BCUT2D eigenvalue weighted by Crippen LogP contribution is 2.17. The van der Waals surface area contributed by atoms with Gasteiger partial charge in [-0.15, -0.1) is 0 Å². The fraction of sp³-hybridized carbons (Fsp3) is 0.0769. The van der Waals surface area contributed by atoms with E-state index in [1.54, 1.807) is 18.2 Å². The predicted octanol–water partition coefficient (Wildman–Crippen LogP) is 2.29. The SMILES string of the molecule is N#Cc1cnc(NCc2cccc(F)c2)c(N)c1. The lowest BCUT2D eigenvalue weighted by Crippen LogP contribution is -2.05. The average Bonchev–Trinajstić information content (AvgIpc) is 2.37. The van der Waals surface area contributed by atoms with E-state index in [0.717, 1.165) is 5.56 Å². The summed E-state index contributed by atoms with van der Waals surface area (Å²) in [6.45, 7) is 0.418. The first kappa shape index (κ1) is 11.9. The summed E-state index contributed by atoms with van der Waals surface area (Å²) in [4.78, 5) is 4.03. The van der Waals surface area contributed by atoms with E-state index in [1.165, 1.54) is 18.3 Å². The molecule has 18 heavy (non-hydrogen) atoms. The van der Waals surface area contributed by atoms with Crippen molar-refractivity contribution in [3.05, 3.63) is 53.5 Å². The summed E-state index contributed by atoms with van der Waals surface area (Å²) in [5.74, 6) is 0.202. The Hall–Kier alpha value is -2.61. The summed E-state index contributed by atoms with van der Waals surface area (Å²) in [6.07, 6.45) is 1.43. The molecule has 2 rings (SSSR count). The van der Waals surface area contributed by atoms with Crippen LogP contribution in [-0.4, -0.2) is 4.98 Å². The van der Waals surface area contributed by atoms with Crippen LogP contribution in [0.25, 0.3) is 0 Å². The molecule has 4 nitrogen and oxygen atoms in total. The number of nitrogen functional groups attached to an aromatic ring is 1. The Morgan fingerprint density at radius 2 is 2.22 bits per heavy atom. The summed E-state index contributed by atoms with van der Waals surface area (Å²) >= 11 is 0. The molecule has 0 fully saturated rings. The van der Waals surface area contributed by atoms with Gasteiger partial charge in [0.05, 0.1) is 11.3 Å². The van der Waals surface area contributed by atoms with Crippen molar-refractivity contribution in [3.63, 3.8) is 0 Å². The molecule has 2 aromatic rings. The van der Waals surface area contributed by atoms with Crippen LogP contribution in [0.4, 0.5) is 15.9 Å². The van der Waals surface area contributed by atoms with Gasteiger partial charge >= 0.3 is 0 Å². The van der Waals surface area contributed by atoms with Crippen molar-refractivity contribution in [2.75, 3.05) is 11.1 Å². The zero-order valence-electron chi connectivity index (χ0n) is 9.52. The van der Waals surface area contributed by atoms with E-state index in [9.17, 15) is 4.39 Å². The minimum absolute atomic E-state index is 0.282. The molecule has 0 atom stereocenters. The molecule has 0 radical (unpaired) electrons. The number of anilines is 2. The summed E-state index contributed by atoms with van der Waals surface area (Å²) in [7, 11) is 0. The molecular formula is C13H11FN4. The van der Waals surface area contributed by atoms with Crippen LogP contribution in [0.3, 0.4) is 0 Å². The highest BCUT2D eigenvalue weighted by molar-refractivity contribution is 5.63. The number of aromatic nitrogens is 1. The summed E-state index contributed by atoms with van der Waals surface area (Å²) in [6, 6.07) is 9.77. The zero-order valence-corrected chi connectivity index (χ0v) is 9.52. The monoisotopic (exact) mass is 242 g/mol. The van der Waals surface area contributed by atoms with Gasteiger partial charge in [0.25, 0.3) is 0 Å². The topological polar surface area (TPSA) is 74.7 Å². The number of rotatable bonds is 3. The van der Waals surface area contributed by atoms with E-state index < -0.39 is 0 Å². The van der Waals surface area contributed by atoms with Crippen molar-refractivity contribution in [2.45, 2.75) is 6.54 Å². The van der Waals surface area contributed by atoms with Gasteiger partial charge in [-0.1, -0.05) is 12.1 Å². The summed E-state index contributed by atoms with van der Waals surface area (Å²) in [5, 5.41) is 11.7. The highest BCUT2D eigenvalue weighted by atomic mass is 19.1. The quantitative estimate of drug-likeness (QED) is 0.865.